The average molecular weight is 469 g/mol. The summed E-state index contributed by atoms with van der Waals surface area (Å²) in [5, 5.41) is 8.74. The van der Waals surface area contributed by atoms with E-state index >= 15 is 0 Å². The van der Waals surface area contributed by atoms with E-state index in [1.807, 2.05) is 42.9 Å². The van der Waals surface area contributed by atoms with E-state index < -0.39 is 0 Å². The molecule has 0 spiro atoms. The zero-order chi connectivity index (χ0) is 23.7. The highest BCUT2D eigenvalue weighted by Gasteiger charge is 2.35. The van der Waals surface area contributed by atoms with E-state index in [-0.39, 0.29) is 12.0 Å². The number of rotatable bonds is 3. The van der Waals surface area contributed by atoms with Crippen molar-refractivity contribution in [2.24, 2.45) is 5.92 Å². The van der Waals surface area contributed by atoms with Gasteiger partial charge >= 0.3 is 0 Å². The number of pyridine rings is 2. The predicted octanol–water partition coefficient (Wildman–Crippen LogP) is 3.74. The first kappa shape index (κ1) is 23.3. The van der Waals surface area contributed by atoms with Gasteiger partial charge < -0.3 is 19.5 Å². The maximum absolute atomic E-state index is 13.1. The van der Waals surface area contributed by atoms with E-state index in [9.17, 15) is 4.79 Å². The molecular weight excluding hydrogens is 440 g/mol. The summed E-state index contributed by atoms with van der Waals surface area (Å²) in [5.74, 6) is 1.83. The predicted molar refractivity (Wildman–Crippen MR) is 131 cm³/mol. The zero-order valence-electron chi connectivity index (χ0n) is 19.2. The van der Waals surface area contributed by atoms with E-state index in [0.717, 1.165) is 48.3 Å². The Kier molecular flexibility index (Phi) is 6.72. The fourth-order valence-electron chi connectivity index (χ4n) is 5.16. The van der Waals surface area contributed by atoms with Crippen LogP contribution in [0.15, 0.2) is 41.2 Å². The van der Waals surface area contributed by atoms with Crippen LogP contribution in [0.1, 0.15) is 29.2 Å². The number of nitrogens with zero attached hydrogens (tertiary/aromatic N) is 4. The summed E-state index contributed by atoms with van der Waals surface area (Å²) in [7, 11) is 4.00. The molecule has 1 aromatic carbocycles. The minimum Gasteiger partial charge on any atom is -0.483 e. The molecule has 8 heteroatoms. The van der Waals surface area contributed by atoms with Crippen molar-refractivity contribution in [1.29, 1.82) is 0 Å². The number of fused-ring (bicyclic) bond motifs is 5. The van der Waals surface area contributed by atoms with E-state index in [1.54, 1.807) is 0 Å². The lowest BCUT2D eigenvalue weighted by atomic mass is 9.83. The first-order chi connectivity index (χ1) is 15.8. The second-order valence-corrected chi connectivity index (χ2v) is 9.64. The van der Waals surface area contributed by atoms with Crippen molar-refractivity contribution in [2.45, 2.75) is 32.4 Å². The van der Waals surface area contributed by atoms with Crippen molar-refractivity contribution in [1.82, 2.24) is 14.5 Å². The molecule has 1 fully saturated rings. The quantitative estimate of drug-likeness (QED) is 0.590. The van der Waals surface area contributed by atoms with Gasteiger partial charge in [-0.1, -0.05) is 23.7 Å². The summed E-state index contributed by atoms with van der Waals surface area (Å²) in [4.78, 5) is 30.8. The highest BCUT2D eigenvalue weighted by Crippen LogP contribution is 2.37. The highest BCUT2D eigenvalue weighted by atomic mass is 35.5. The summed E-state index contributed by atoms with van der Waals surface area (Å²) in [6, 6.07) is 12.3. The number of carboxylic acid groups (broad SMARTS) is 1. The molecule has 2 aromatic heterocycles. The fraction of sp³-hybridized carbons (Fsp3) is 0.400. The Morgan fingerprint density at radius 2 is 1.94 bits per heavy atom. The number of anilines is 1. The Morgan fingerprint density at radius 1 is 1.18 bits per heavy atom. The third-order valence-corrected chi connectivity index (χ3v) is 6.69. The Bertz CT molecular complexity index is 1240. The van der Waals surface area contributed by atoms with E-state index in [2.05, 4.69) is 28.9 Å². The molecule has 0 unspecified atom stereocenters. The lowest BCUT2D eigenvalue weighted by Gasteiger charge is -2.43. The minimum atomic E-state index is -0.250. The molecule has 0 amide bonds. The van der Waals surface area contributed by atoms with Gasteiger partial charge in [-0.25, -0.2) is 4.98 Å². The van der Waals surface area contributed by atoms with E-state index in [0.29, 0.717) is 23.4 Å². The Hall–Kier alpha value is -2.90. The van der Waals surface area contributed by atoms with Gasteiger partial charge in [0.25, 0.3) is 12.0 Å². The summed E-state index contributed by atoms with van der Waals surface area (Å²) >= 11 is 6.21. The van der Waals surface area contributed by atoms with Gasteiger partial charge in [-0.3, -0.25) is 9.59 Å². The largest absolute Gasteiger partial charge is 0.483 e. The summed E-state index contributed by atoms with van der Waals surface area (Å²) in [6.07, 6.45) is 1.14. The molecule has 2 atom stereocenters. The molecule has 0 radical (unpaired) electrons. The maximum atomic E-state index is 13.1. The SMILES string of the molecule is Cc1cc(N2C[C@@H]3C[C@H](C2)c2ccc(CN(C)C)c(=O)n2C3)nc2cc(Cl)ccc12.O=CO. The van der Waals surface area contributed by atoms with Crippen LogP contribution in [0.3, 0.4) is 0 Å². The average Bonchev–Trinajstić information content (AvgIpc) is 2.76. The van der Waals surface area contributed by atoms with Crippen LogP contribution in [0.25, 0.3) is 10.9 Å². The Labute approximate surface area is 198 Å². The van der Waals surface area contributed by atoms with Gasteiger partial charge in [0.15, 0.2) is 0 Å². The first-order valence-electron chi connectivity index (χ1n) is 11.1. The van der Waals surface area contributed by atoms with Crippen molar-refractivity contribution < 1.29 is 9.90 Å². The molecule has 5 rings (SSSR count). The number of hydrogen-bond donors (Lipinski definition) is 1. The molecule has 7 nitrogen and oxygen atoms in total. The molecule has 2 aliphatic heterocycles. The van der Waals surface area contributed by atoms with Crippen LogP contribution in [0.2, 0.25) is 5.02 Å². The molecule has 33 heavy (non-hydrogen) atoms. The number of aryl methyl sites for hydroxylation is 1. The third-order valence-electron chi connectivity index (χ3n) is 6.46. The molecule has 0 saturated carbocycles. The van der Waals surface area contributed by atoms with Crippen LogP contribution < -0.4 is 10.5 Å². The molecule has 0 aliphatic carbocycles. The normalized spacial score (nSPS) is 19.1. The van der Waals surface area contributed by atoms with Gasteiger partial charge in [0.2, 0.25) is 0 Å². The van der Waals surface area contributed by atoms with Crippen LogP contribution in [-0.4, -0.2) is 53.2 Å². The smallest absolute Gasteiger partial charge is 0.290 e. The van der Waals surface area contributed by atoms with Crippen LogP contribution in [-0.2, 0) is 17.9 Å². The van der Waals surface area contributed by atoms with Crippen molar-refractivity contribution >= 4 is 34.8 Å². The van der Waals surface area contributed by atoms with Crippen molar-refractivity contribution in [2.75, 3.05) is 32.1 Å². The van der Waals surface area contributed by atoms with Crippen molar-refractivity contribution in [3.63, 3.8) is 0 Å². The van der Waals surface area contributed by atoms with Gasteiger partial charge in [0, 0.05) is 53.8 Å². The van der Waals surface area contributed by atoms with Crippen LogP contribution >= 0.6 is 11.6 Å². The number of hydrogen-bond acceptors (Lipinski definition) is 5. The lowest BCUT2D eigenvalue weighted by molar-refractivity contribution is -0.122. The molecule has 3 aromatic rings. The van der Waals surface area contributed by atoms with Crippen LogP contribution in [0, 0.1) is 12.8 Å². The van der Waals surface area contributed by atoms with Crippen molar-refractivity contribution in [3.8, 4) is 0 Å². The van der Waals surface area contributed by atoms with E-state index in [1.165, 1.54) is 11.3 Å². The van der Waals surface area contributed by atoms with Gasteiger partial charge in [-0.05, 0) is 63.2 Å². The second kappa shape index (κ2) is 9.53. The monoisotopic (exact) mass is 468 g/mol. The minimum absolute atomic E-state index is 0.179. The van der Waals surface area contributed by atoms with Crippen LogP contribution in [0.4, 0.5) is 5.82 Å². The van der Waals surface area contributed by atoms with Gasteiger partial charge in [0.05, 0.1) is 5.52 Å². The highest BCUT2D eigenvalue weighted by molar-refractivity contribution is 6.31. The van der Waals surface area contributed by atoms with E-state index in [4.69, 9.17) is 26.5 Å². The van der Waals surface area contributed by atoms with Crippen LogP contribution in [0.5, 0.6) is 0 Å². The number of piperidine rings is 1. The standard InChI is InChI=1S/C24H27ClN4O.CH2O2/c1-15-8-23(26-21-10-19(25)5-6-20(15)21)28-11-16-9-18(14-28)22-7-4-17(13-27(2)3)24(30)29(22)12-16;2-1-3/h4-8,10,16,18H,9,11-14H2,1-3H3;1H,(H,2,3)/t16-,18+;/m0./s1. The number of aromatic nitrogens is 2. The molecule has 1 N–H and O–H groups in total. The second-order valence-electron chi connectivity index (χ2n) is 9.20. The summed E-state index contributed by atoms with van der Waals surface area (Å²) in [6.45, 7) is 5.18. The molecule has 4 heterocycles. The fourth-order valence-corrected chi connectivity index (χ4v) is 5.33. The number of carbonyl (C=O) groups is 1. The van der Waals surface area contributed by atoms with Gasteiger partial charge in [-0.2, -0.15) is 0 Å². The van der Waals surface area contributed by atoms with Gasteiger partial charge in [-0.15, -0.1) is 0 Å². The Morgan fingerprint density at radius 3 is 2.67 bits per heavy atom. The maximum Gasteiger partial charge on any atom is 0.290 e. The molecular formula is C25H29ClN4O3. The van der Waals surface area contributed by atoms with Crippen molar-refractivity contribution in [3.05, 3.63) is 68.6 Å². The lowest BCUT2D eigenvalue weighted by Crippen LogP contribution is -2.48. The molecule has 1 saturated heterocycles. The Balaban J connectivity index is 0.000000821. The molecule has 174 valence electrons. The number of halogens is 1. The van der Waals surface area contributed by atoms with Gasteiger partial charge in [0.1, 0.15) is 5.82 Å². The summed E-state index contributed by atoms with van der Waals surface area (Å²) in [5.41, 5.74) is 4.39. The zero-order valence-corrected chi connectivity index (χ0v) is 19.9. The first-order valence-corrected chi connectivity index (χ1v) is 11.5. The topological polar surface area (TPSA) is 78.7 Å². The molecule has 2 bridgehead atoms. The third kappa shape index (κ3) is 4.75. The number of benzene rings is 1. The molecule has 2 aliphatic rings. The summed E-state index contributed by atoms with van der Waals surface area (Å²) < 4.78 is 2.04.